The molecule has 0 saturated heterocycles. The molecule has 0 spiro atoms. The van der Waals surface area contributed by atoms with Gasteiger partial charge in [0.15, 0.2) is 0 Å². The first-order chi connectivity index (χ1) is 30.3. The van der Waals surface area contributed by atoms with E-state index in [2.05, 4.69) is 241 Å². The predicted molar refractivity (Wildman–Crippen MR) is 262 cm³/mol. The number of nitrogens with zero attached hydrogens (tertiary/aromatic N) is 1. The highest BCUT2D eigenvalue weighted by atomic mass is 15.1. The predicted octanol–water partition coefficient (Wildman–Crippen LogP) is 17.1. The van der Waals surface area contributed by atoms with E-state index in [0.717, 1.165) is 17.1 Å². The zero-order chi connectivity index (χ0) is 40.3. The molecule has 1 nitrogen and oxygen atoms in total. The van der Waals surface area contributed by atoms with Crippen LogP contribution in [-0.2, 0) is 0 Å². The topological polar surface area (TPSA) is 3.24 Å². The number of anilines is 3. The fourth-order valence-corrected chi connectivity index (χ4v) is 9.78. The molecular weight excluding hydrogens is 735 g/mol. The average molecular weight is 774 g/mol. The summed E-state index contributed by atoms with van der Waals surface area (Å²) in [5.74, 6) is 0. The molecular formula is C60H39N. The van der Waals surface area contributed by atoms with Gasteiger partial charge in [-0.05, 0) is 153 Å². The third kappa shape index (κ3) is 5.86. The van der Waals surface area contributed by atoms with Crippen molar-refractivity contribution in [3.63, 3.8) is 0 Å². The van der Waals surface area contributed by atoms with Crippen molar-refractivity contribution < 1.29 is 0 Å². The van der Waals surface area contributed by atoms with Gasteiger partial charge in [0.05, 0.1) is 0 Å². The van der Waals surface area contributed by atoms with E-state index in [1.165, 1.54) is 98.0 Å². The molecule has 1 heteroatoms. The Morgan fingerprint density at radius 3 is 1.11 bits per heavy atom. The van der Waals surface area contributed by atoms with Gasteiger partial charge in [-0.15, -0.1) is 0 Å². The van der Waals surface area contributed by atoms with Crippen molar-refractivity contribution in [1.29, 1.82) is 0 Å². The standard InChI is InChI=1S/C60H39N/c1-3-17-48(18-4-1)61(49-19-5-2-6-20-49)50-35-33-41(34-36-50)40-27-29-42(30-28-40)57-55-25-13-14-26-56(55)58(46-32-31-45-37-43-15-7-8-16-44(43)38-47(45)39-46)60-54-24-12-10-22-52(54)51-21-9-11-23-53(51)59(57)60/h1-39H. The molecule has 0 heterocycles. The van der Waals surface area contributed by atoms with Gasteiger partial charge in [0.1, 0.15) is 0 Å². The molecule has 0 radical (unpaired) electrons. The van der Waals surface area contributed by atoms with E-state index in [1.54, 1.807) is 0 Å². The van der Waals surface area contributed by atoms with Crippen LogP contribution in [0.4, 0.5) is 17.1 Å². The molecule has 0 amide bonds. The van der Waals surface area contributed by atoms with Gasteiger partial charge in [0.25, 0.3) is 0 Å². The maximum absolute atomic E-state index is 2.41. The van der Waals surface area contributed by atoms with Crippen LogP contribution < -0.4 is 4.90 Å². The normalized spacial score (nSPS) is 11.6. The van der Waals surface area contributed by atoms with Crippen LogP contribution in [0.25, 0.3) is 98.0 Å². The van der Waals surface area contributed by atoms with Crippen molar-refractivity contribution in [2.24, 2.45) is 0 Å². The summed E-state index contributed by atoms with van der Waals surface area (Å²) < 4.78 is 0. The van der Waals surface area contributed by atoms with E-state index < -0.39 is 0 Å². The molecule has 284 valence electrons. The zero-order valence-electron chi connectivity index (χ0n) is 33.5. The SMILES string of the molecule is c1ccc(N(c2ccccc2)c2ccc(-c3ccc(-c4c5ccccc5c(-c5ccc6cc7ccccc7cc6c5)c5c6ccccc6c6ccccc6c45)cc3)cc2)cc1. The van der Waals surface area contributed by atoms with E-state index in [4.69, 9.17) is 0 Å². The van der Waals surface area contributed by atoms with Crippen LogP contribution in [0.1, 0.15) is 0 Å². The van der Waals surface area contributed by atoms with E-state index in [1.807, 2.05) is 0 Å². The van der Waals surface area contributed by atoms with Gasteiger partial charge in [-0.25, -0.2) is 0 Å². The second-order valence-corrected chi connectivity index (χ2v) is 16.0. The maximum atomic E-state index is 2.41. The van der Waals surface area contributed by atoms with Gasteiger partial charge in [-0.1, -0.05) is 182 Å². The van der Waals surface area contributed by atoms with Gasteiger partial charge < -0.3 is 4.90 Å². The molecule has 0 N–H and O–H groups in total. The number of hydrogen-bond acceptors (Lipinski definition) is 1. The van der Waals surface area contributed by atoms with Crippen molar-refractivity contribution in [1.82, 2.24) is 0 Å². The van der Waals surface area contributed by atoms with Crippen LogP contribution in [0.3, 0.4) is 0 Å². The molecule has 0 atom stereocenters. The molecule has 12 rings (SSSR count). The Hall–Kier alpha value is -8.00. The molecule has 0 aliphatic carbocycles. The maximum Gasteiger partial charge on any atom is 0.0462 e. The summed E-state index contributed by atoms with van der Waals surface area (Å²) in [7, 11) is 0. The third-order valence-corrected chi connectivity index (χ3v) is 12.6. The van der Waals surface area contributed by atoms with Crippen molar-refractivity contribution in [2.45, 2.75) is 0 Å². The highest BCUT2D eigenvalue weighted by molar-refractivity contribution is 6.36. The number of hydrogen-bond donors (Lipinski definition) is 0. The van der Waals surface area contributed by atoms with Gasteiger partial charge in [0.2, 0.25) is 0 Å². The van der Waals surface area contributed by atoms with Gasteiger partial charge in [0, 0.05) is 17.1 Å². The summed E-state index contributed by atoms with van der Waals surface area (Å²) in [4.78, 5) is 2.31. The molecule has 61 heavy (non-hydrogen) atoms. The van der Waals surface area contributed by atoms with Crippen molar-refractivity contribution in [3.05, 3.63) is 237 Å². The molecule has 0 aliphatic rings. The largest absolute Gasteiger partial charge is 0.311 e. The van der Waals surface area contributed by atoms with Gasteiger partial charge in [-0.3, -0.25) is 0 Å². The first-order valence-corrected chi connectivity index (χ1v) is 21.1. The molecule has 0 aliphatic heterocycles. The highest BCUT2D eigenvalue weighted by Gasteiger charge is 2.22. The molecule has 12 aromatic rings. The molecule has 0 unspecified atom stereocenters. The number of rotatable bonds is 6. The smallest absolute Gasteiger partial charge is 0.0462 e. The summed E-state index contributed by atoms with van der Waals surface area (Å²) in [6.07, 6.45) is 0. The van der Waals surface area contributed by atoms with Crippen LogP contribution >= 0.6 is 0 Å². The Morgan fingerprint density at radius 1 is 0.213 bits per heavy atom. The number of para-hydroxylation sites is 2. The van der Waals surface area contributed by atoms with E-state index in [-0.39, 0.29) is 0 Å². The van der Waals surface area contributed by atoms with Crippen LogP contribution in [0.5, 0.6) is 0 Å². The molecule has 0 aromatic heterocycles. The number of fused-ring (bicyclic) bond motifs is 9. The lowest BCUT2D eigenvalue weighted by Gasteiger charge is -2.25. The van der Waals surface area contributed by atoms with E-state index in [9.17, 15) is 0 Å². The first kappa shape index (κ1) is 35.0. The van der Waals surface area contributed by atoms with Crippen molar-refractivity contribution in [3.8, 4) is 33.4 Å². The Kier molecular flexibility index (Phi) is 8.25. The number of benzene rings is 12. The van der Waals surface area contributed by atoms with Crippen LogP contribution in [0.2, 0.25) is 0 Å². The second-order valence-electron chi connectivity index (χ2n) is 16.0. The molecule has 0 bridgehead atoms. The summed E-state index contributed by atoms with van der Waals surface area (Å²) in [6.45, 7) is 0. The fourth-order valence-electron chi connectivity index (χ4n) is 9.78. The summed E-state index contributed by atoms with van der Waals surface area (Å²) in [5.41, 5.74) is 10.7. The van der Waals surface area contributed by atoms with Gasteiger partial charge >= 0.3 is 0 Å². The Balaban J connectivity index is 1.05. The highest BCUT2D eigenvalue weighted by Crippen LogP contribution is 2.50. The Labute approximate surface area is 355 Å². The minimum atomic E-state index is 1.12. The van der Waals surface area contributed by atoms with E-state index in [0.29, 0.717) is 0 Å². The lowest BCUT2D eigenvalue weighted by molar-refractivity contribution is 1.28. The molecule has 12 aromatic carbocycles. The quantitative estimate of drug-likeness (QED) is 0.120. The molecule has 0 saturated carbocycles. The minimum absolute atomic E-state index is 1.12. The Morgan fingerprint density at radius 2 is 0.574 bits per heavy atom. The second kappa shape index (κ2) is 14.4. The monoisotopic (exact) mass is 773 g/mol. The fraction of sp³-hybridized carbons (Fsp3) is 0. The summed E-state index contributed by atoms with van der Waals surface area (Å²) in [5, 5.41) is 15.2. The van der Waals surface area contributed by atoms with Crippen LogP contribution in [-0.4, -0.2) is 0 Å². The van der Waals surface area contributed by atoms with Crippen LogP contribution in [0.15, 0.2) is 237 Å². The zero-order valence-corrected chi connectivity index (χ0v) is 33.5. The van der Waals surface area contributed by atoms with Crippen LogP contribution in [0, 0.1) is 0 Å². The first-order valence-electron chi connectivity index (χ1n) is 21.1. The summed E-state index contributed by atoms with van der Waals surface area (Å²) in [6, 6.07) is 86.7. The average Bonchev–Trinajstić information content (AvgIpc) is 3.33. The lowest BCUT2D eigenvalue weighted by atomic mass is 9.81. The summed E-state index contributed by atoms with van der Waals surface area (Å²) >= 11 is 0. The lowest BCUT2D eigenvalue weighted by Crippen LogP contribution is -2.09. The minimum Gasteiger partial charge on any atom is -0.311 e. The van der Waals surface area contributed by atoms with Gasteiger partial charge in [-0.2, -0.15) is 0 Å². The van der Waals surface area contributed by atoms with Crippen molar-refractivity contribution >= 4 is 81.7 Å². The Bertz CT molecular complexity index is 3570. The van der Waals surface area contributed by atoms with Crippen molar-refractivity contribution in [2.75, 3.05) is 4.90 Å². The molecule has 0 fully saturated rings. The third-order valence-electron chi connectivity index (χ3n) is 12.6. The van der Waals surface area contributed by atoms with E-state index >= 15 is 0 Å².